The molecule has 1 amide bonds. The fourth-order valence-corrected chi connectivity index (χ4v) is 3.10. The Kier molecular flexibility index (Phi) is 6.39. The molecule has 1 aliphatic rings. The highest BCUT2D eigenvalue weighted by Crippen LogP contribution is 2.26. The maximum Gasteiger partial charge on any atom is 0.226 e. The van der Waals surface area contributed by atoms with Crippen molar-refractivity contribution in [3.63, 3.8) is 0 Å². The van der Waals surface area contributed by atoms with E-state index in [-0.39, 0.29) is 24.4 Å². The zero-order chi connectivity index (χ0) is 14.5. The molecule has 1 aromatic heterocycles. The predicted molar refractivity (Wildman–Crippen MR) is 92.9 cm³/mol. The van der Waals surface area contributed by atoms with E-state index in [1.165, 1.54) is 4.88 Å². The Balaban J connectivity index is 0.00000176. The summed E-state index contributed by atoms with van der Waals surface area (Å²) in [6, 6.07) is 12.2. The number of thiophene rings is 1. The summed E-state index contributed by atoms with van der Waals surface area (Å²) in [5, 5.41) is 8.30. The Morgan fingerprint density at radius 2 is 2.27 bits per heavy atom. The van der Waals surface area contributed by atoms with Crippen LogP contribution >= 0.6 is 23.7 Å². The highest BCUT2D eigenvalue weighted by Gasteiger charge is 2.16. The first-order valence-electron chi connectivity index (χ1n) is 7.06. The third-order valence-electron chi connectivity index (χ3n) is 3.38. The molecule has 1 aromatic carbocycles. The predicted octanol–water partition coefficient (Wildman–Crippen LogP) is 3.15. The largest absolute Gasteiger partial charge is 0.378 e. The maximum absolute atomic E-state index is 12.1. The summed E-state index contributed by atoms with van der Waals surface area (Å²) in [7, 11) is 0. The first-order chi connectivity index (χ1) is 10.3. The van der Waals surface area contributed by atoms with Crippen molar-refractivity contribution < 1.29 is 9.53 Å². The molecule has 3 rings (SSSR count). The van der Waals surface area contributed by atoms with Gasteiger partial charge in [-0.15, -0.1) is 23.7 Å². The Morgan fingerprint density at radius 1 is 1.36 bits per heavy atom. The number of benzene rings is 1. The van der Waals surface area contributed by atoms with Gasteiger partial charge in [0.1, 0.15) is 0 Å². The molecule has 6 heteroatoms. The van der Waals surface area contributed by atoms with E-state index < -0.39 is 0 Å². The van der Waals surface area contributed by atoms with E-state index >= 15 is 0 Å². The van der Waals surface area contributed by atoms with Crippen molar-refractivity contribution in [2.75, 3.05) is 25.1 Å². The topological polar surface area (TPSA) is 50.4 Å². The van der Waals surface area contributed by atoms with Crippen LogP contribution in [0.2, 0.25) is 0 Å². The fourth-order valence-electron chi connectivity index (χ4n) is 2.38. The van der Waals surface area contributed by atoms with E-state index in [2.05, 4.69) is 28.1 Å². The van der Waals surface area contributed by atoms with Crippen LogP contribution in [-0.4, -0.2) is 31.7 Å². The molecule has 1 aliphatic heterocycles. The number of amides is 1. The number of ether oxygens (including phenoxy) is 1. The number of anilines is 1. The smallest absolute Gasteiger partial charge is 0.226 e. The summed E-state index contributed by atoms with van der Waals surface area (Å²) in [6.07, 6.45) is 0.434. The van der Waals surface area contributed by atoms with Gasteiger partial charge in [0.05, 0.1) is 13.2 Å². The van der Waals surface area contributed by atoms with Crippen LogP contribution in [0.15, 0.2) is 41.8 Å². The Bertz CT molecular complexity index is 598. The minimum absolute atomic E-state index is 0. The average molecular weight is 339 g/mol. The van der Waals surface area contributed by atoms with Gasteiger partial charge in [-0.1, -0.05) is 18.2 Å². The lowest BCUT2D eigenvalue weighted by molar-refractivity contribution is -0.117. The maximum atomic E-state index is 12.1. The molecule has 22 heavy (non-hydrogen) atoms. The number of hydrogen-bond acceptors (Lipinski definition) is 4. The van der Waals surface area contributed by atoms with E-state index in [0.717, 1.165) is 24.4 Å². The van der Waals surface area contributed by atoms with E-state index in [9.17, 15) is 4.79 Å². The normalized spacial score (nSPS) is 17.5. The van der Waals surface area contributed by atoms with Gasteiger partial charge >= 0.3 is 0 Å². The number of halogens is 1. The molecule has 2 heterocycles. The second kappa shape index (κ2) is 8.29. The SMILES string of the molecule is Cl.O=C(CC1COCCN1)Nc1cccc(-c2cccs2)c1. The van der Waals surface area contributed by atoms with Crippen LogP contribution in [0.25, 0.3) is 10.4 Å². The molecule has 1 unspecified atom stereocenters. The Morgan fingerprint density at radius 3 is 3.00 bits per heavy atom. The van der Waals surface area contributed by atoms with Gasteiger partial charge in [-0.05, 0) is 29.1 Å². The van der Waals surface area contributed by atoms with Crippen molar-refractivity contribution in [3.8, 4) is 10.4 Å². The van der Waals surface area contributed by atoms with Crippen LogP contribution in [0.4, 0.5) is 5.69 Å². The average Bonchev–Trinajstić information content (AvgIpc) is 3.02. The van der Waals surface area contributed by atoms with Crippen molar-refractivity contribution in [1.29, 1.82) is 0 Å². The molecule has 118 valence electrons. The zero-order valence-corrected chi connectivity index (χ0v) is 13.7. The molecular formula is C16H19ClN2O2S. The Hall–Kier alpha value is -1.40. The fraction of sp³-hybridized carbons (Fsp3) is 0.312. The molecule has 0 saturated carbocycles. The molecule has 1 saturated heterocycles. The highest BCUT2D eigenvalue weighted by atomic mass is 35.5. The third kappa shape index (κ3) is 4.55. The first-order valence-corrected chi connectivity index (χ1v) is 7.94. The first kappa shape index (κ1) is 17.0. The quantitative estimate of drug-likeness (QED) is 0.900. The Labute approximate surface area is 140 Å². The number of hydrogen-bond donors (Lipinski definition) is 2. The third-order valence-corrected chi connectivity index (χ3v) is 4.30. The molecule has 0 bridgehead atoms. The number of morpholine rings is 1. The molecule has 4 nitrogen and oxygen atoms in total. The van der Waals surface area contributed by atoms with Crippen molar-refractivity contribution >= 4 is 35.3 Å². The summed E-state index contributed by atoms with van der Waals surface area (Å²) in [5.41, 5.74) is 1.96. The summed E-state index contributed by atoms with van der Waals surface area (Å²) in [6.45, 7) is 2.13. The minimum Gasteiger partial charge on any atom is -0.378 e. The van der Waals surface area contributed by atoms with Gasteiger partial charge in [-0.2, -0.15) is 0 Å². The lowest BCUT2D eigenvalue weighted by atomic mass is 10.1. The molecule has 0 spiro atoms. The number of carbonyl (C=O) groups excluding carboxylic acids is 1. The van der Waals surface area contributed by atoms with Crippen molar-refractivity contribution in [2.24, 2.45) is 0 Å². The van der Waals surface area contributed by atoms with Crippen LogP contribution in [0.1, 0.15) is 6.42 Å². The summed E-state index contributed by atoms with van der Waals surface area (Å²) >= 11 is 1.69. The van der Waals surface area contributed by atoms with Crippen LogP contribution < -0.4 is 10.6 Å². The number of rotatable bonds is 4. The molecule has 0 radical (unpaired) electrons. The van der Waals surface area contributed by atoms with Crippen LogP contribution in [-0.2, 0) is 9.53 Å². The van der Waals surface area contributed by atoms with Gasteiger partial charge in [0.15, 0.2) is 0 Å². The molecule has 2 aromatic rings. The second-order valence-electron chi connectivity index (χ2n) is 5.04. The molecule has 1 fully saturated rings. The van der Waals surface area contributed by atoms with E-state index in [0.29, 0.717) is 13.0 Å². The van der Waals surface area contributed by atoms with Gasteiger partial charge in [0.2, 0.25) is 5.91 Å². The monoisotopic (exact) mass is 338 g/mol. The van der Waals surface area contributed by atoms with Crippen LogP contribution in [0.3, 0.4) is 0 Å². The lowest BCUT2D eigenvalue weighted by Crippen LogP contribution is -2.43. The zero-order valence-electron chi connectivity index (χ0n) is 12.1. The van der Waals surface area contributed by atoms with Gasteiger partial charge < -0.3 is 15.4 Å². The lowest BCUT2D eigenvalue weighted by Gasteiger charge is -2.23. The summed E-state index contributed by atoms with van der Waals surface area (Å²) in [5.74, 6) is 0.0151. The van der Waals surface area contributed by atoms with Crippen molar-refractivity contribution in [3.05, 3.63) is 41.8 Å². The minimum atomic E-state index is 0. The van der Waals surface area contributed by atoms with E-state index in [1.807, 2.05) is 24.3 Å². The van der Waals surface area contributed by atoms with E-state index in [1.54, 1.807) is 11.3 Å². The van der Waals surface area contributed by atoms with Gasteiger partial charge in [0.25, 0.3) is 0 Å². The van der Waals surface area contributed by atoms with Gasteiger partial charge in [-0.25, -0.2) is 0 Å². The van der Waals surface area contributed by atoms with Crippen LogP contribution in [0.5, 0.6) is 0 Å². The number of nitrogens with one attached hydrogen (secondary N) is 2. The van der Waals surface area contributed by atoms with Crippen LogP contribution in [0, 0.1) is 0 Å². The van der Waals surface area contributed by atoms with Gasteiger partial charge in [0, 0.05) is 29.6 Å². The van der Waals surface area contributed by atoms with Gasteiger partial charge in [-0.3, -0.25) is 4.79 Å². The van der Waals surface area contributed by atoms with E-state index in [4.69, 9.17) is 4.74 Å². The molecule has 2 N–H and O–H groups in total. The molecule has 0 aliphatic carbocycles. The van der Waals surface area contributed by atoms with Crippen molar-refractivity contribution in [1.82, 2.24) is 5.32 Å². The summed E-state index contributed by atoms with van der Waals surface area (Å²) < 4.78 is 5.36. The highest BCUT2D eigenvalue weighted by molar-refractivity contribution is 7.13. The summed E-state index contributed by atoms with van der Waals surface area (Å²) in [4.78, 5) is 13.3. The second-order valence-corrected chi connectivity index (χ2v) is 5.98. The molecular weight excluding hydrogens is 320 g/mol. The molecule has 1 atom stereocenters. The number of carbonyl (C=O) groups is 1. The standard InChI is InChI=1S/C16H18N2O2S.ClH/c19-16(10-14-11-20-7-6-17-14)18-13-4-1-3-12(9-13)15-5-2-8-21-15;/h1-5,8-9,14,17H,6-7,10-11H2,(H,18,19);1H. The van der Waals surface area contributed by atoms with Crippen molar-refractivity contribution in [2.45, 2.75) is 12.5 Å².